The third-order valence-corrected chi connectivity index (χ3v) is 2.85. The number of nitrogens with zero attached hydrogens (tertiary/aromatic N) is 3. The lowest BCUT2D eigenvalue weighted by molar-refractivity contribution is 0.0805. The van der Waals surface area contributed by atoms with Gasteiger partial charge >= 0.3 is 0 Å². The molecule has 2 rings (SSSR count). The molecular formula is C13H13N3O4. The number of hydrogen-bond donors (Lipinski definition) is 2. The Labute approximate surface area is 114 Å². The summed E-state index contributed by atoms with van der Waals surface area (Å²) in [6.07, 6.45) is 0.453. The molecular weight excluding hydrogens is 262 g/mol. The highest BCUT2D eigenvalue weighted by Crippen LogP contribution is 2.19. The van der Waals surface area contributed by atoms with E-state index < -0.39 is 12.7 Å². The number of pyridine rings is 2. The van der Waals surface area contributed by atoms with Gasteiger partial charge in [0, 0.05) is 6.20 Å². The predicted octanol–water partition coefficient (Wildman–Crippen LogP) is -0.370. The minimum absolute atomic E-state index is 0.0286. The summed E-state index contributed by atoms with van der Waals surface area (Å²) in [5, 5.41) is 27.5. The fraction of sp³-hybridized carbons (Fsp3) is 0.308. The Morgan fingerprint density at radius 1 is 1.60 bits per heavy atom. The molecule has 0 amide bonds. The van der Waals surface area contributed by atoms with E-state index in [4.69, 9.17) is 15.1 Å². The van der Waals surface area contributed by atoms with Crippen LogP contribution in [0.2, 0.25) is 0 Å². The normalized spacial score (nSPS) is 12.1. The van der Waals surface area contributed by atoms with E-state index in [2.05, 4.69) is 4.98 Å². The number of methoxy groups -OCH3 is 1. The second kappa shape index (κ2) is 5.69. The topological polar surface area (TPSA) is 108 Å². The first-order chi connectivity index (χ1) is 9.60. The van der Waals surface area contributed by atoms with Gasteiger partial charge in [0.25, 0.3) is 5.56 Å². The number of ether oxygens (including phenoxy) is 1. The van der Waals surface area contributed by atoms with Crippen molar-refractivity contribution in [2.24, 2.45) is 0 Å². The molecule has 1 atom stereocenters. The number of fused-ring (bicyclic) bond motifs is 1. The molecule has 2 aromatic rings. The van der Waals surface area contributed by atoms with Gasteiger partial charge in [-0.15, -0.1) is 0 Å². The van der Waals surface area contributed by atoms with E-state index in [0.29, 0.717) is 5.52 Å². The van der Waals surface area contributed by atoms with Crippen LogP contribution in [0.25, 0.3) is 10.9 Å². The molecule has 0 saturated heterocycles. The molecule has 2 aromatic heterocycles. The third kappa shape index (κ3) is 2.47. The molecule has 0 fully saturated rings. The van der Waals surface area contributed by atoms with E-state index >= 15 is 0 Å². The fourth-order valence-corrected chi connectivity index (χ4v) is 1.86. The minimum atomic E-state index is -1.02. The fourth-order valence-electron chi connectivity index (χ4n) is 1.86. The Bertz CT molecular complexity index is 733. The van der Waals surface area contributed by atoms with Gasteiger partial charge < -0.3 is 19.5 Å². The Kier molecular flexibility index (Phi) is 3.98. The molecule has 0 aliphatic carbocycles. The Morgan fingerprint density at radius 2 is 2.35 bits per heavy atom. The summed E-state index contributed by atoms with van der Waals surface area (Å²) in [6.45, 7) is -0.464. The molecule has 0 radical (unpaired) electrons. The molecule has 0 unspecified atom stereocenters. The summed E-state index contributed by atoms with van der Waals surface area (Å²) in [7, 11) is 1.40. The molecule has 0 aliphatic rings. The second-order valence-corrected chi connectivity index (χ2v) is 4.20. The van der Waals surface area contributed by atoms with Crippen molar-refractivity contribution >= 4 is 10.9 Å². The largest absolute Gasteiger partial charge is 0.480 e. The lowest BCUT2D eigenvalue weighted by Crippen LogP contribution is -2.28. The molecule has 20 heavy (non-hydrogen) atoms. The van der Waals surface area contributed by atoms with Gasteiger partial charge in [0.2, 0.25) is 5.88 Å². The van der Waals surface area contributed by atoms with Crippen molar-refractivity contribution < 1.29 is 14.9 Å². The van der Waals surface area contributed by atoms with Crippen molar-refractivity contribution in [1.82, 2.24) is 9.55 Å². The van der Waals surface area contributed by atoms with Gasteiger partial charge in [-0.3, -0.25) is 4.79 Å². The highest BCUT2D eigenvalue weighted by Gasteiger charge is 2.12. The molecule has 104 valence electrons. The van der Waals surface area contributed by atoms with Crippen LogP contribution in [0.4, 0.5) is 0 Å². The van der Waals surface area contributed by atoms with Crippen LogP contribution in [0.15, 0.2) is 23.1 Å². The number of hydrogen-bond acceptors (Lipinski definition) is 6. The van der Waals surface area contributed by atoms with Crippen molar-refractivity contribution in [3.63, 3.8) is 0 Å². The van der Waals surface area contributed by atoms with E-state index in [9.17, 15) is 9.90 Å². The standard InChI is InChI=1S/C13H13N3O4/c1-20-12-8(5-14)4-10-11(15-12)2-3-16(13(10)19)6-9(18)7-17/h2-4,9,17-18H,6-7H2,1H3/t9-/m1/s1. The van der Waals surface area contributed by atoms with Crippen molar-refractivity contribution in [3.05, 3.63) is 34.2 Å². The van der Waals surface area contributed by atoms with Crippen LogP contribution in [0.1, 0.15) is 5.56 Å². The number of aliphatic hydroxyl groups is 2. The summed E-state index contributed by atoms with van der Waals surface area (Å²) < 4.78 is 6.24. The summed E-state index contributed by atoms with van der Waals surface area (Å²) in [5.41, 5.74) is 0.180. The molecule has 2 heterocycles. The van der Waals surface area contributed by atoms with Crippen molar-refractivity contribution in [1.29, 1.82) is 5.26 Å². The van der Waals surface area contributed by atoms with Crippen LogP contribution in [-0.4, -0.2) is 39.6 Å². The zero-order valence-corrected chi connectivity index (χ0v) is 10.8. The lowest BCUT2D eigenvalue weighted by Gasteiger charge is -2.11. The maximum absolute atomic E-state index is 12.2. The van der Waals surface area contributed by atoms with Gasteiger partial charge in [-0.05, 0) is 12.1 Å². The summed E-state index contributed by atoms with van der Waals surface area (Å²) in [4.78, 5) is 16.3. The molecule has 0 saturated carbocycles. The van der Waals surface area contributed by atoms with E-state index in [1.807, 2.05) is 6.07 Å². The van der Waals surface area contributed by atoms with Gasteiger partial charge in [-0.1, -0.05) is 0 Å². The van der Waals surface area contributed by atoms with Crippen molar-refractivity contribution in [2.75, 3.05) is 13.7 Å². The summed E-state index contributed by atoms with van der Waals surface area (Å²) >= 11 is 0. The molecule has 0 bridgehead atoms. The van der Waals surface area contributed by atoms with Crippen LogP contribution in [0.3, 0.4) is 0 Å². The Hall–Kier alpha value is -2.43. The molecule has 2 N–H and O–H groups in total. The quantitative estimate of drug-likeness (QED) is 0.788. The van der Waals surface area contributed by atoms with Crippen LogP contribution >= 0.6 is 0 Å². The van der Waals surface area contributed by atoms with Gasteiger partial charge in [0.1, 0.15) is 11.6 Å². The maximum Gasteiger partial charge on any atom is 0.260 e. The van der Waals surface area contributed by atoms with Crippen LogP contribution in [0.5, 0.6) is 5.88 Å². The Balaban J connectivity index is 2.61. The minimum Gasteiger partial charge on any atom is -0.480 e. The predicted molar refractivity (Wildman–Crippen MR) is 70.4 cm³/mol. The highest BCUT2D eigenvalue weighted by atomic mass is 16.5. The molecule has 7 heteroatoms. The average Bonchev–Trinajstić information content (AvgIpc) is 2.48. The van der Waals surface area contributed by atoms with E-state index in [0.717, 1.165) is 0 Å². The van der Waals surface area contributed by atoms with Crippen LogP contribution < -0.4 is 10.3 Å². The van der Waals surface area contributed by atoms with E-state index in [-0.39, 0.29) is 28.9 Å². The van der Waals surface area contributed by atoms with Gasteiger partial charge in [-0.2, -0.15) is 5.26 Å². The number of rotatable bonds is 4. The molecule has 0 aliphatic heterocycles. The van der Waals surface area contributed by atoms with E-state index in [1.54, 1.807) is 6.07 Å². The molecule has 0 aromatic carbocycles. The summed E-state index contributed by atoms with van der Waals surface area (Å²) in [6, 6.07) is 4.91. The van der Waals surface area contributed by atoms with Crippen molar-refractivity contribution in [3.8, 4) is 11.9 Å². The van der Waals surface area contributed by atoms with E-state index in [1.165, 1.54) is 23.9 Å². The number of nitriles is 1. The SMILES string of the molecule is COc1nc2ccn(C[C@@H](O)CO)c(=O)c2cc1C#N. The third-order valence-electron chi connectivity index (χ3n) is 2.85. The highest BCUT2D eigenvalue weighted by molar-refractivity contribution is 5.79. The van der Waals surface area contributed by atoms with Crippen LogP contribution in [0, 0.1) is 11.3 Å². The van der Waals surface area contributed by atoms with Crippen molar-refractivity contribution in [2.45, 2.75) is 12.6 Å². The first-order valence-corrected chi connectivity index (χ1v) is 5.88. The maximum atomic E-state index is 12.2. The smallest absolute Gasteiger partial charge is 0.260 e. The number of aromatic nitrogens is 2. The summed E-state index contributed by atoms with van der Waals surface area (Å²) in [5.74, 6) is 0.160. The monoisotopic (exact) mass is 275 g/mol. The number of aliphatic hydroxyl groups excluding tert-OH is 2. The first-order valence-electron chi connectivity index (χ1n) is 5.88. The van der Waals surface area contributed by atoms with Gasteiger partial charge in [0.15, 0.2) is 0 Å². The lowest BCUT2D eigenvalue weighted by atomic mass is 10.2. The zero-order chi connectivity index (χ0) is 14.7. The second-order valence-electron chi connectivity index (χ2n) is 4.20. The first kappa shape index (κ1) is 14.0. The van der Waals surface area contributed by atoms with Gasteiger partial charge in [0.05, 0.1) is 37.3 Å². The molecule has 0 spiro atoms. The van der Waals surface area contributed by atoms with Crippen LogP contribution in [-0.2, 0) is 6.54 Å². The molecule has 7 nitrogen and oxygen atoms in total. The average molecular weight is 275 g/mol. The Morgan fingerprint density at radius 3 is 2.95 bits per heavy atom. The van der Waals surface area contributed by atoms with Gasteiger partial charge in [-0.25, -0.2) is 4.98 Å². The zero-order valence-electron chi connectivity index (χ0n) is 10.8.